The Bertz CT molecular complexity index is 365. The van der Waals surface area contributed by atoms with Crippen LogP contribution in [0.1, 0.15) is 55.5 Å². The monoisotopic (exact) mass is 247 g/mol. The second kappa shape index (κ2) is 7.91. The summed E-state index contributed by atoms with van der Waals surface area (Å²) in [5.74, 6) is 0.208. The predicted molar refractivity (Wildman–Crippen MR) is 76.9 cm³/mol. The Kier molecular flexibility index (Phi) is 6.48. The first-order chi connectivity index (χ1) is 8.79. The number of hydrogen-bond acceptors (Lipinski definition) is 1. The summed E-state index contributed by atoms with van der Waals surface area (Å²) in [6, 6.07) is 7.86. The van der Waals surface area contributed by atoms with Gasteiger partial charge in [-0.3, -0.25) is 4.79 Å². The summed E-state index contributed by atoms with van der Waals surface area (Å²) in [4.78, 5) is 14.3. The van der Waals surface area contributed by atoms with Gasteiger partial charge in [0.05, 0.1) is 0 Å². The summed E-state index contributed by atoms with van der Waals surface area (Å²) in [6.45, 7) is 7.85. The molecule has 2 rings (SSSR count). The summed E-state index contributed by atoms with van der Waals surface area (Å²) in [5, 5.41) is 0. The molecule has 1 aromatic carbocycles. The largest absolute Gasteiger partial charge is 0.339 e. The van der Waals surface area contributed by atoms with Crippen LogP contribution in [-0.4, -0.2) is 23.9 Å². The zero-order valence-corrected chi connectivity index (χ0v) is 11.9. The molecule has 0 aliphatic carbocycles. The molecule has 0 N–H and O–H groups in total. The number of carbonyl (C=O) groups is 1. The fourth-order valence-corrected chi connectivity index (χ4v) is 2.26. The van der Waals surface area contributed by atoms with Crippen molar-refractivity contribution in [3.63, 3.8) is 0 Å². The molecule has 0 radical (unpaired) electrons. The lowest BCUT2D eigenvalue weighted by atomic mass is 10.1. The summed E-state index contributed by atoms with van der Waals surface area (Å²) >= 11 is 0. The molecule has 1 heterocycles. The third-order valence-corrected chi connectivity index (χ3v) is 3.27. The molecule has 1 amide bonds. The molecule has 0 atom stereocenters. The lowest BCUT2D eigenvalue weighted by molar-refractivity contribution is 0.0761. The van der Waals surface area contributed by atoms with Crippen molar-refractivity contribution in [2.75, 3.05) is 13.1 Å². The summed E-state index contributed by atoms with van der Waals surface area (Å²) in [7, 11) is 0. The summed E-state index contributed by atoms with van der Waals surface area (Å²) < 4.78 is 0. The number of likely N-dealkylation sites (tertiary alicyclic amines) is 1. The molecule has 0 saturated carbocycles. The van der Waals surface area contributed by atoms with Gasteiger partial charge in [-0.2, -0.15) is 0 Å². The molecule has 1 aromatic rings. The Morgan fingerprint density at radius 1 is 1.00 bits per heavy atom. The third-order valence-electron chi connectivity index (χ3n) is 3.27. The van der Waals surface area contributed by atoms with Gasteiger partial charge in [0.25, 0.3) is 5.91 Å². The highest BCUT2D eigenvalue weighted by atomic mass is 16.2. The Morgan fingerprint density at radius 3 is 2.11 bits per heavy atom. The molecule has 1 fully saturated rings. The Balaban J connectivity index is 0.000000771. The highest BCUT2D eigenvalue weighted by molar-refractivity contribution is 5.95. The zero-order valence-electron chi connectivity index (χ0n) is 11.9. The zero-order chi connectivity index (χ0) is 13.4. The maximum Gasteiger partial charge on any atom is 0.254 e. The quantitative estimate of drug-likeness (QED) is 0.733. The van der Waals surface area contributed by atoms with Gasteiger partial charge < -0.3 is 4.90 Å². The molecule has 0 unspecified atom stereocenters. The first-order valence-corrected chi connectivity index (χ1v) is 7.14. The summed E-state index contributed by atoms with van der Waals surface area (Å²) in [5.41, 5.74) is 1.95. The SMILES string of the molecule is CC.Cc1ccccc1C(=O)N1CCCCCC1. The first-order valence-electron chi connectivity index (χ1n) is 7.14. The molecule has 0 aromatic heterocycles. The van der Waals surface area contributed by atoms with Crippen LogP contribution in [0, 0.1) is 6.92 Å². The van der Waals surface area contributed by atoms with E-state index >= 15 is 0 Å². The van der Waals surface area contributed by atoms with Crippen molar-refractivity contribution < 1.29 is 4.79 Å². The number of aryl methyl sites for hydroxylation is 1. The number of benzene rings is 1. The van der Waals surface area contributed by atoms with E-state index < -0.39 is 0 Å². The van der Waals surface area contributed by atoms with Crippen LogP contribution in [0.3, 0.4) is 0 Å². The highest BCUT2D eigenvalue weighted by Crippen LogP contribution is 2.15. The molecule has 1 aliphatic rings. The van der Waals surface area contributed by atoms with Crippen LogP contribution in [0.15, 0.2) is 24.3 Å². The van der Waals surface area contributed by atoms with Crippen LogP contribution in [-0.2, 0) is 0 Å². The molecule has 18 heavy (non-hydrogen) atoms. The lowest BCUT2D eigenvalue weighted by Crippen LogP contribution is -2.32. The maximum absolute atomic E-state index is 12.3. The van der Waals surface area contributed by atoms with Crippen LogP contribution < -0.4 is 0 Å². The summed E-state index contributed by atoms with van der Waals surface area (Å²) in [6.07, 6.45) is 4.82. The van der Waals surface area contributed by atoms with Crippen molar-refractivity contribution in [1.29, 1.82) is 0 Å². The average Bonchev–Trinajstić information content (AvgIpc) is 2.70. The van der Waals surface area contributed by atoms with Gasteiger partial charge in [0.2, 0.25) is 0 Å². The number of hydrogen-bond donors (Lipinski definition) is 0. The normalized spacial score (nSPS) is 15.4. The van der Waals surface area contributed by atoms with E-state index in [0.29, 0.717) is 0 Å². The maximum atomic E-state index is 12.3. The minimum atomic E-state index is 0.208. The molecule has 2 heteroatoms. The van der Waals surface area contributed by atoms with E-state index in [1.807, 2.05) is 49.9 Å². The molecule has 0 bridgehead atoms. The first kappa shape index (κ1) is 14.7. The second-order valence-electron chi connectivity index (χ2n) is 4.52. The van der Waals surface area contributed by atoms with Crippen molar-refractivity contribution in [3.8, 4) is 0 Å². The minimum absolute atomic E-state index is 0.208. The standard InChI is InChI=1S/C14H19NO.C2H6/c1-12-8-4-5-9-13(12)14(16)15-10-6-2-3-7-11-15;1-2/h4-5,8-9H,2-3,6-7,10-11H2,1H3;1-2H3. The number of rotatable bonds is 1. The fourth-order valence-electron chi connectivity index (χ4n) is 2.26. The number of amides is 1. The number of nitrogens with zero attached hydrogens (tertiary/aromatic N) is 1. The van der Waals surface area contributed by atoms with E-state index in [9.17, 15) is 4.79 Å². The predicted octanol–water partition coefficient (Wildman–Crippen LogP) is 4.04. The third kappa shape index (κ3) is 3.86. The molecular formula is C16H25NO. The molecule has 1 saturated heterocycles. The van der Waals surface area contributed by atoms with Crippen molar-refractivity contribution in [2.45, 2.75) is 46.5 Å². The Hall–Kier alpha value is -1.31. The Morgan fingerprint density at radius 2 is 1.56 bits per heavy atom. The van der Waals surface area contributed by atoms with Gasteiger partial charge in [0.15, 0.2) is 0 Å². The van der Waals surface area contributed by atoms with Crippen LogP contribution in [0.4, 0.5) is 0 Å². The van der Waals surface area contributed by atoms with Crippen molar-refractivity contribution in [2.24, 2.45) is 0 Å². The van der Waals surface area contributed by atoms with E-state index in [-0.39, 0.29) is 5.91 Å². The van der Waals surface area contributed by atoms with E-state index in [1.165, 1.54) is 12.8 Å². The molecule has 1 aliphatic heterocycles. The van der Waals surface area contributed by atoms with Gasteiger partial charge in [0.1, 0.15) is 0 Å². The van der Waals surface area contributed by atoms with E-state index in [2.05, 4.69) is 0 Å². The average molecular weight is 247 g/mol. The van der Waals surface area contributed by atoms with Gasteiger partial charge in [-0.25, -0.2) is 0 Å². The van der Waals surface area contributed by atoms with E-state index in [1.54, 1.807) is 0 Å². The van der Waals surface area contributed by atoms with Gasteiger partial charge in [-0.15, -0.1) is 0 Å². The molecule has 2 nitrogen and oxygen atoms in total. The highest BCUT2D eigenvalue weighted by Gasteiger charge is 2.18. The fraction of sp³-hybridized carbons (Fsp3) is 0.562. The van der Waals surface area contributed by atoms with Crippen LogP contribution in [0.25, 0.3) is 0 Å². The van der Waals surface area contributed by atoms with E-state index in [0.717, 1.165) is 37.1 Å². The van der Waals surface area contributed by atoms with Crippen molar-refractivity contribution in [3.05, 3.63) is 35.4 Å². The van der Waals surface area contributed by atoms with E-state index in [4.69, 9.17) is 0 Å². The smallest absolute Gasteiger partial charge is 0.254 e. The van der Waals surface area contributed by atoms with Crippen LogP contribution >= 0.6 is 0 Å². The number of carbonyl (C=O) groups excluding carboxylic acids is 1. The lowest BCUT2D eigenvalue weighted by Gasteiger charge is -2.21. The van der Waals surface area contributed by atoms with Crippen LogP contribution in [0.5, 0.6) is 0 Å². The van der Waals surface area contributed by atoms with Gasteiger partial charge in [-0.1, -0.05) is 44.9 Å². The van der Waals surface area contributed by atoms with Crippen molar-refractivity contribution >= 4 is 5.91 Å². The van der Waals surface area contributed by atoms with Crippen LogP contribution in [0.2, 0.25) is 0 Å². The molecule has 0 spiro atoms. The van der Waals surface area contributed by atoms with Gasteiger partial charge in [0, 0.05) is 18.7 Å². The second-order valence-corrected chi connectivity index (χ2v) is 4.52. The molecular weight excluding hydrogens is 222 g/mol. The minimum Gasteiger partial charge on any atom is -0.339 e. The topological polar surface area (TPSA) is 20.3 Å². The van der Waals surface area contributed by atoms with Gasteiger partial charge >= 0.3 is 0 Å². The Labute approximate surface area is 111 Å². The van der Waals surface area contributed by atoms with Gasteiger partial charge in [-0.05, 0) is 31.4 Å². The molecule has 100 valence electrons. The van der Waals surface area contributed by atoms with Crippen molar-refractivity contribution in [1.82, 2.24) is 4.90 Å².